The van der Waals surface area contributed by atoms with Crippen LogP contribution in [0.4, 0.5) is 0 Å². The predicted molar refractivity (Wildman–Crippen MR) is 87.2 cm³/mol. The van der Waals surface area contributed by atoms with Gasteiger partial charge in [0.25, 0.3) is 0 Å². The highest BCUT2D eigenvalue weighted by Gasteiger charge is 2.19. The second-order valence-electron chi connectivity index (χ2n) is 5.42. The summed E-state index contributed by atoms with van der Waals surface area (Å²) in [5.74, 6) is -0.164. The third-order valence-corrected chi connectivity index (χ3v) is 4.02. The zero-order valence-corrected chi connectivity index (χ0v) is 12.4. The van der Waals surface area contributed by atoms with E-state index in [1.54, 1.807) is 10.8 Å². The van der Waals surface area contributed by atoms with Crippen molar-refractivity contribution < 1.29 is 9.90 Å². The Morgan fingerprint density at radius 2 is 2.09 bits per heavy atom. The molecule has 0 aliphatic heterocycles. The molecule has 0 atom stereocenters. The number of imidazole rings is 1. The van der Waals surface area contributed by atoms with E-state index < -0.39 is 5.97 Å². The number of pyridine rings is 1. The van der Waals surface area contributed by atoms with Gasteiger partial charge in [-0.25, -0.2) is 9.97 Å². The van der Waals surface area contributed by atoms with Crippen LogP contribution in [-0.4, -0.2) is 30.6 Å². The molecule has 0 bridgehead atoms. The summed E-state index contributed by atoms with van der Waals surface area (Å²) >= 11 is 0. The van der Waals surface area contributed by atoms with Gasteiger partial charge in [0.15, 0.2) is 5.65 Å². The molecule has 0 amide bonds. The maximum Gasteiger partial charge on any atom is 0.323 e. The number of fused-ring (bicyclic) bond motifs is 2. The van der Waals surface area contributed by atoms with Gasteiger partial charge in [0, 0.05) is 28.4 Å². The molecule has 0 radical (unpaired) electrons. The molecule has 4 rings (SSSR count). The number of carboxylic acids is 1. The van der Waals surface area contributed by atoms with Crippen molar-refractivity contribution in [2.75, 3.05) is 0 Å². The molecule has 6 heteroatoms. The number of benzene rings is 1. The van der Waals surface area contributed by atoms with E-state index in [0.717, 1.165) is 27.7 Å². The summed E-state index contributed by atoms with van der Waals surface area (Å²) in [6, 6.07) is 11.5. The summed E-state index contributed by atoms with van der Waals surface area (Å²) in [7, 11) is 0. The Balaban J connectivity index is 2.02. The van der Waals surface area contributed by atoms with Crippen molar-refractivity contribution >= 4 is 28.0 Å². The lowest BCUT2D eigenvalue weighted by Crippen LogP contribution is -2.09. The minimum absolute atomic E-state index is 0.0785. The van der Waals surface area contributed by atoms with Gasteiger partial charge in [-0.05, 0) is 25.1 Å². The van der Waals surface area contributed by atoms with Gasteiger partial charge in [0.1, 0.15) is 12.4 Å². The first-order chi connectivity index (χ1) is 11.1. The largest absolute Gasteiger partial charge is 0.480 e. The maximum atomic E-state index is 11.2. The SMILES string of the molecule is Cc1c(-c2nc3ncccc3[nH]2)c2ccccc2n1CC(=O)O. The molecule has 4 aromatic rings. The maximum absolute atomic E-state index is 11.2. The number of H-pyrrole nitrogens is 1. The van der Waals surface area contributed by atoms with Gasteiger partial charge in [0.2, 0.25) is 0 Å². The molecule has 0 saturated heterocycles. The second-order valence-corrected chi connectivity index (χ2v) is 5.42. The number of aromatic nitrogens is 4. The molecule has 114 valence electrons. The number of carboxylic acid groups (broad SMARTS) is 1. The highest BCUT2D eigenvalue weighted by Crippen LogP contribution is 2.33. The van der Waals surface area contributed by atoms with Gasteiger partial charge in [-0.3, -0.25) is 4.79 Å². The first kappa shape index (κ1) is 13.5. The summed E-state index contributed by atoms with van der Waals surface area (Å²) in [6.07, 6.45) is 1.70. The smallest absolute Gasteiger partial charge is 0.323 e. The van der Waals surface area contributed by atoms with Crippen LogP contribution in [0.3, 0.4) is 0 Å². The molecular weight excluding hydrogens is 292 g/mol. The number of carbonyl (C=O) groups is 1. The van der Waals surface area contributed by atoms with Gasteiger partial charge in [-0.15, -0.1) is 0 Å². The standard InChI is InChI=1S/C17H14N4O2/c1-10-15(17-19-12-6-4-8-18-16(12)20-17)11-5-2-3-7-13(11)21(10)9-14(22)23/h2-8H,9H2,1H3,(H,22,23)(H,18,19,20). The first-order valence-electron chi connectivity index (χ1n) is 7.26. The van der Waals surface area contributed by atoms with Crippen LogP contribution in [0, 0.1) is 6.92 Å². The van der Waals surface area contributed by atoms with Crippen molar-refractivity contribution in [1.29, 1.82) is 0 Å². The van der Waals surface area contributed by atoms with Crippen molar-refractivity contribution in [2.45, 2.75) is 13.5 Å². The molecule has 0 fully saturated rings. The van der Waals surface area contributed by atoms with Gasteiger partial charge in [-0.1, -0.05) is 18.2 Å². The summed E-state index contributed by atoms with van der Waals surface area (Å²) in [4.78, 5) is 23.3. The molecule has 23 heavy (non-hydrogen) atoms. The van der Waals surface area contributed by atoms with Crippen LogP contribution in [0.25, 0.3) is 33.5 Å². The number of rotatable bonds is 3. The summed E-state index contributed by atoms with van der Waals surface area (Å²) in [5.41, 5.74) is 4.18. The van der Waals surface area contributed by atoms with Crippen molar-refractivity contribution in [3.05, 3.63) is 48.3 Å². The van der Waals surface area contributed by atoms with Gasteiger partial charge in [0.05, 0.1) is 5.52 Å². The normalized spacial score (nSPS) is 11.3. The number of para-hydroxylation sites is 1. The van der Waals surface area contributed by atoms with Crippen LogP contribution in [0.2, 0.25) is 0 Å². The zero-order chi connectivity index (χ0) is 16.0. The van der Waals surface area contributed by atoms with Crippen LogP contribution in [0.15, 0.2) is 42.6 Å². The highest BCUT2D eigenvalue weighted by atomic mass is 16.4. The highest BCUT2D eigenvalue weighted by molar-refractivity contribution is 5.98. The molecule has 0 aliphatic rings. The molecule has 0 spiro atoms. The fourth-order valence-corrected chi connectivity index (χ4v) is 3.03. The van der Waals surface area contributed by atoms with E-state index >= 15 is 0 Å². The van der Waals surface area contributed by atoms with Crippen LogP contribution < -0.4 is 0 Å². The van der Waals surface area contributed by atoms with Crippen LogP contribution >= 0.6 is 0 Å². The Morgan fingerprint density at radius 3 is 2.87 bits per heavy atom. The Bertz CT molecular complexity index is 1010. The number of nitrogens with one attached hydrogen (secondary N) is 1. The molecule has 0 aliphatic carbocycles. The quantitative estimate of drug-likeness (QED) is 0.609. The van der Waals surface area contributed by atoms with E-state index in [2.05, 4.69) is 15.0 Å². The van der Waals surface area contributed by atoms with E-state index in [-0.39, 0.29) is 6.54 Å². The van der Waals surface area contributed by atoms with Gasteiger partial charge in [-0.2, -0.15) is 0 Å². The number of nitrogens with zero attached hydrogens (tertiary/aromatic N) is 3. The Labute approximate surface area is 131 Å². The van der Waals surface area contributed by atoms with Crippen LogP contribution in [0.1, 0.15) is 5.69 Å². The molecular formula is C17H14N4O2. The number of hydrogen-bond acceptors (Lipinski definition) is 3. The fourth-order valence-electron chi connectivity index (χ4n) is 3.03. The predicted octanol–water partition coefficient (Wildman–Crippen LogP) is 2.97. The summed E-state index contributed by atoms with van der Waals surface area (Å²) in [6.45, 7) is 1.84. The number of aliphatic carboxylic acids is 1. The molecule has 2 N–H and O–H groups in total. The average Bonchev–Trinajstić information content (AvgIpc) is 3.07. The molecule has 3 heterocycles. The van der Waals surface area contributed by atoms with Gasteiger partial charge >= 0.3 is 5.97 Å². The number of aromatic amines is 1. The Hall–Kier alpha value is -3.15. The third kappa shape index (κ3) is 2.07. The van der Waals surface area contributed by atoms with Crippen molar-refractivity contribution in [2.24, 2.45) is 0 Å². The first-order valence-corrected chi connectivity index (χ1v) is 7.26. The second kappa shape index (κ2) is 4.95. The molecule has 3 aromatic heterocycles. The van der Waals surface area contributed by atoms with Crippen LogP contribution in [0.5, 0.6) is 0 Å². The van der Waals surface area contributed by atoms with Gasteiger partial charge < -0.3 is 14.7 Å². The minimum atomic E-state index is -0.869. The summed E-state index contributed by atoms with van der Waals surface area (Å²) < 4.78 is 1.80. The third-order valence-electron chi connectivity index (χ3n) is 4.02. The Kier molecular flexibility index (Phi) is 2.90. The lowest BCUT2D eigenvalue weighted by Gasteiger charge is -2.04. The zero-order valence-electron chi connectivity index (χ0n) is 12.4. The van der Waals surface area contributed by atoms with Crippen LogP contribution in [-0.2, 0) is 11.3 Å². The lowest BCUT2D eigenvalue weighted by molar-refractivity contribution is -0.137. The molecule has 0 unspecified atom stereocenters. The van der Waals surface area contributed by atoms with E-state index in [9.17, 15) is 9.90 Å². The van der Waals surface area contributed by atoms with E-state index in [4.69, 9.17) is 0 Å². The topological polar surface area (TPSA) is 83.8 Å². The Morgan fingerprint density at radius 1 is 1.26 bits per heavy atom. The number of hydrogen-bond donors (Lipinski definition) is 2. The molecule has 0 saturated carbocycles. The van der Waals surface area contributed by atoms with E-state index in [0.29, 0.717) is 11.5 Å². The van der Waals surface area contributed by atoms with Crippen molar-refractivity contribution in [3.63, 3.8) is 0 Å². The summed E-state index contributed by atoms with van der Waals surface area (Å²) in [5, 5.41) is 10.2. The lowest BCUT2D eigenvalue weighted by atomic mass is 10.1. The minimum Gasteiger partial charge on any atom is -0.480 e. The van der Waals surface area contributed by atoms with Crippen molar-refractivity contribution in [1.82, 2.24) is 19.5 Å². The average molecular weight is 306 g/mol. The fraction of sp³-hybridized carbons (Fsp3) is 0.118. The van der Waals surface area contributed by atoms with E-state index in [1.807, 2.05) is 43.3 Å². The molecule has 6 nitrogen and oxygen atoms in total. The van der Waals surface area contributed by atoms with Crippen molar-refractivity contribution in [3.8, 4) is 11.4 Å². The monoisotopic (exact) mass is 306 g/mol. The molecule has 1 aromatic carbocycles. The van der Waals surface area contributed by atoms with E-state index in [1.165, 1.54) is 0 Å².